The minimum Gasteiger partial charge on any atom is -0.353 e. The fraction of sp³-hybridized carbons (Fsp3) is 0.889. The molecule has 2 rings (SSSR count). The summed E-state index contributed by atoms with van der Waals surface area (Å²) in [7, 11) is 0. The van der Waals surface area contributed by atoms with Crippen LogP contribution in [-0.4, -0.2) is 29.1 Å². The summed E-state index contributed by atoms with van der Waals surface area (Å²) in [5.74, 6) is 0.210. The normalized spacial score (nSPS) is 33.3. The van der Waals surface area contributed by atoms with Crippen molar-refractivity contribution in [1.29, 1.82) is 0 Å². The van der Waals surface area contributed by atoms with Crippen molar-refractivity contribution in [1.82, 2.24) is 10.6 Å². The second-order valence-corrected chi connectivity index (χ2v) is 5.54. The third-order valence-corrected chi connectivity index (χ3v) is 3.64. The predicted octanol–water partition coefficient (Wildman–Crippen LogP) is 0.706. The zero-order chi connectivity index (χ0) is 9.26. The quantitative estimate of drug-likeness (QED) is 0.705. The van der Waals surface area contributed by atoms with Gasteiger partial charge in [0.05, 0.1) is 11.8 Å². The number of carbonyl (C=O) groups is 1. The smallest absolute Gasteiger partial charge is 0.222 e. The Morgan fingerprint density at radius 1 is 1.62 bits per heavy atom. The summed E-state index contributed by atoms with van der Waals surface area (Å²) in [6.45, 7) is 3.22. The molecule has 0 radical (unpaired) electrons. The number of rotatable bonds is 3. The van der Waals surface area contributed by atoms with Gasteiger partial charge in [0, 0.05) is 17.8 Å². The van der Waals surface area contributed by atoms with E-state index in [2.05, 4.69) is 17.6 Å². The summed E-state index contributed by atoms with van der Waals surface area (Å²) >= 11 is 1.87. The predicted molar refractivity (Wildman–Crippen MR) is 54.6 cm³/mol. The van der Waals surface area contributed by atoms with Crippen molar-refractivity contribution in [2.75, 3.05) is 6.54 Å². The summed E-state index contributed by atoms with van der Waals surface area (Å²) in [6, 6.07) is 0.497. The zero-order valence-electron chi connectivity index (χ0n) is 7.88. The van der Waals surface area contributed by atoms with Gasteiger partial charge in [0.15, 0.2) is 0 Å². The lowest BCUT2D eigenvalue weighted by molar-refractivity contribution is -0.121. The fourth-order valence-electron chi connectivity index (χ4n) is 1.48. The second kappa shape index (κ2) is 3.88. The van der Waals surface area contributed by atoms with Crippen LogP contribution >= 0.6 is 11.8 Å². The Hall–Kier alpha value is -0.220. The third-order valence-electron chi connectivity index (χ3n) is 2.34. The van der Waals surface area contributed by atoms with Crippen molar-refractivity contribution in [3.63, 3.8) is 0 Å². The van der Waals surface area contributed by atoms with E-state index in [9.17, 15) is 4.79 Å². The molecule has 0 bridgehead atoms. The van der Waals surface area contributed by atoms with Gasteiger partial charge in [0.25, 0.3) is 0 Å². The third kappa shape index (κ3) is 2.88. The molecule has 1 heterocycles. The zero-order valence-corrected chi connectivity index (χ0v) is 8.69. The topological polar surface area (TPSA) is 41.1 Å². The molecule has 4 heteroatoms. The number of hydrogen-bond donors (Lipinski definition) is 2. The van der Waals surface area contributed by atoms with E-state index < -0.39 is 0 Å². The van der Waals surface area contributed by atoms with Gasteiger partial charge in [0.2, 0.25) is 5.91 Å². The standard InChI is InChI=1S/C9H16N2OS/c1-6-5-10-9(13-6)4-8(12)11-7-2-3-7/h6-7,9-10H,2-5H2,1H3,(H,11,12). The van der Waals surface area contributed by atoms with Crippen molar-refractivity contribution >= 4 is 17.7 Å². The Morgan fingerprint density at radius 3 is 2.92 bits per heavy atom. The molecule has 2 atom stereocenters. The molecule has 13 heavy (non-hydrogen) atoms. The van der Waals surface area contributed by atoms with Gasteiger partial charge in [-0.15, -0.1) is 11.8 Å². The molecule has 2 unspecified atom stereocenters. The average Bonchev–Trinajstić information content (AvgIpc) is 2.76. The van der Waals surface area contributed by atoms with Crippen molar-refractivity contribution in [2.24, 2.45) is 0 Å². The van der Waals surface area contributed by atoms with Crippen LogP contribution < -0.4 is 10.6 Å². The molecule has 74 valence electrons. The van der Waals surface area contributed by atoms with Gasteiger partial charge in [-0.2, -0.15) is 0 Å². The van der Waals surface area contributed by atoms with Gasteiger partial charge in [-0.3, -0.25) is 4.79 Å². The van der Waals surface area contributed by atoms with E-state index in [0.29, 0.717) is 23.1 Å². The minimum atomic E-state index is 0.210. The van der Waals surface area contributed by atoms with Gasteiger partial charge < -0.3 is 10.6 Å². The van der Waals surface area contributed by atoms with Gasteiger partial charge in [0.1, 0.15) is 0 Å². The Balaban J connectivity index is 1.67. The monoisotopic (exact) mass is 200 g/mol. The maximum absolute atomic E-state index is 11.4. The Kier molecular flexibility index (Phi) is 2.79. The first kappa shape index (κ1) is 9.34. The fourth-order valence-corrected chi connectivity index (χ4v) is 2.67. The lowest BCUT2D eigenvalue weighted by Gasteiger charge is -2.09. The van der Waals surface area contributed by atoms with Crippen LogP contribution in [0.5, 0.6) is 0 Å². The van der Waals surface area contributed by atoms with E-state index in [1.54, 1.807) is 0 Å². The highest BCUT2D eigenvalue weighted by Gasteiger charge is 2.27. The molecule has 2 aliphatic rings. The van der Waals surface area contributed by atoms with Crippen LogP contribution in [0.4, 0.5) is 0 Å². The molecule has 2 N–H and O–H groups in total. The second-order valence-electron chi connectivity index (χ2n) is 3.89. The maximum atomic E-state index is 11.4. The summed E-state index contributed by atoms with van der Waals surface area (Å²) in [5.41, 5.74) is 0. The molecular weight excluding hydrogens is 184 g/mol. The summed E-state index contributed by atoms with van der Waals surface area (Å²) in [4.78, 5) is 11.4. The van der Waals surface area contributed by atoms with Gasteiger partial charge >= 0.3 is 0 Å². The van der Waals surface area contributed by atoms with E-state index in [1.807, 2.05) is 11.8 Å². The Bertz CT molecular complexity index is 206. The number of hydrogen-bond acceptors (Lipinski definition) is 3. The van der Waals surface area contributed by atoms with Crippen molar-refractivity contribution < 1.29 is 4.79 Å². The molecule has 1 saturated heterocycles. The number of nitrogens with one attached hydrogen (secondary N) is 2. The molecule has 0 spiro atoms. The Labute approximate surface area is 83.0 Å². The molecular formula is C9H16N2OS. The molecule has 1 aliphatic carbocycles. The van der Waals surface area contributed by atoms with E-state index in [4.69, 9.17) is 0 Å². The van der Waals surface area contributed by atoms with Crippen LogP contribution in [0.3, 0.4) is 0 Å². The maximum Gasteiger partial charge on any atom is 0.222 e. The van der Waals surface area contributed by atoms with Crippen molar-refractivity contribution in [2.45, 2.75) is 42.9 Å². The lowest BCUT2D eigenvalue weighted by atomic mass is 10.3. The number of carbonyl (C=O) groups excluding carboxylic acids is 1. The summed E-state index contributed by atoms with van der Waals surface area (Å²) in [6.07, 6.45) is 2.98. The minimum absolute atomic E-state index is 0.210. The van der Waals surface area contributed by atoms with Crippen LogP contribution in [0.2, 0.25) is 0 Å². The summed E-state index contributed by atoms with van der Waals surface area (Å²) < 4.78 is 0. The van der Waals surface area contributed by atoms with Gasteiger partial charge in [-0.05, 0) is 12.8 Å². The highest BCUT2D eigenvalue weighted by Crippen LogP contribution is 2.24. The first-order valence-corrected chi connectivity index (χ1v) is 5.86. The van der Waals surface area contributed by atoms with E-state index in [1.165, 1.54) is 12.8 Å². The van der Waals surface area contributed by atoms with E-state index in [0.717, 1.165) is 6.54 Å². The molecule has 0 aromatic heterocycles. The first-order chi connectivity index (χ1) is 6.24. The van der Waals surface area contributed by atoms with Gasteiger partial charge in [-0.1, -0.05) is 6.92 Å². The highest BCUT2D eigenvalue weighted by molar-refractivity contribution is 8.00. The van der Waals surface area contributed by atoms with E-state index >= 15 is 0 Å². The molecule has 3 nitrogen and oxygen atoms in total. The van der Waals surface area contributed by atoms with Crippen molar-refractivity contribution in [3.05, 3.63) is 0 Å². The molecule has 1 aliphatic heterocycles. The van der Waals surface area contributed by atoms with Crippen molar-refractivity contribution in [3.8, 4) is 0 Å². The Morgan fingerprint density at radius 2 is 2.38 bits per heavy atom. The number of amides is 1. The highest BCUT2D eigenvalue weighted by atomic mass is 32.2. The first-order valence-electron chi connectivity index (χ1n) is 4.92. The van der Waals surface area contributed by atoms with E-state index in [-0.39, 0.29) is 5.91 Å². The molecule has 0 aromatic rings. The average molecular weight is 200 g/mol. The molecule has 1 amide bonds. The molecule has 1 saturated carbocycles. The van der Waals surface area contributed by atoms with Crippen LogP contribution in [0.1, 0.15) is 26.2 Å². The molecule has 2 fully saturated rings. The van der Waals surface area contributed by atoms with Gasteiger partial charge in [-0.25, -0.2) is 0 Å². The van der Waals surface area contributed by atoms with Crippen LogP contribution in [-0.2, 0) is 4.79 Å². The van der Waals surface area contributed by atoms with Crippen LogP contribution in [0.15, 0.2) is 0 Å². The lowest BCUT2D eigenvalue weighted by Crippen LogP contribution is -2.31. The molecule has 0 aromatic carbocycles. The van der Waals surface area contributed by atoms with Crippen LogP contribution in [0.25, 0.3) is 0 Å². The largest absolute Gasteiger partial charge is 0.353 e. The number of thioether (sulfide) groups is 1. The summed E-state index contributed by atoms with van der Waals surface area (Å²) in [5, 5.41) is 7.33. The SMILES string of the molecule is CC1CNC(CC(=O)NC2CC2)S1. The van der Waals surface area contributed by atoms with Crippen LogP contribution in [0, 0.1) is 0 Å².